The number of rotatable bonds is 5. The zero-order chi connectivity index (χ0) is 21.4. The van der Waals surface area contributed by atoms with Crippen molar-refractivity contribution in [3.8, 4) is 11.3 Å². The summed E-state index contributed by atoms with van der Waals surface area (Å²) in [6, 6.07) is 13.2. The normalized spacial score (nSPS) is 19.7. The number of H-pyrrole nitrogens is 1. The third-order valence-corrected chi connectivity index (χ3v) is 6.20. The van der Waals surface area contributed by atoms with E-state index in [-0.39, 0.29) is 6.04 Å². The van der Waals surface area contributed by atoms with Crippen LogP contribution in [-0.2, 0) is 4.84 Å². The number of aromatic nitrogens is 2. The molecule has 0 amide bonds. The van der Waals surface area contributed by atoms with Crippen molar-refractivity contribution in [2.45, 2.75) is 19.9 Å². The molecule has 1 fully saturated rings. The molecule has 4 heterocycles. The molecule has 0 spiro atoms. The average molecular weight is 420 g/mol. The van der Waals surface area contributed by atoms with Gasteiger partial charge in [0.1, 0.15) is 5.65 Å². The van der Waals surface area contributed by atoms with Crippen LogP contribution in [0.2, 0.25) is 0 Å². The van der Waals surface area contributed by atoms with Crippen LogP contribution in [0, 0.1) is 0 Å². The number of pyridine rings is 1. The minimum atomic E-state index is 0.243. The van der Waals surface area contributed by atoms with E-state index in [9.17, 15) is 0 Å². The Hall–Kier alpha value is -3.23. The Labute approximate surface area is 182 Å². The number of hydrazine groups is 1. The van der Waals surface area contributed by atoms with Crippen LogP contribution < -0.4 is 21.2 Å². The van der Waals surface area contributed by atoms with Gasteiger partial charge in [0, 0.05) is 54.6 Å². The van der Waals surface area contributed by atoms with Gasteiger partial charge in [-0.2, -0.15) is 0 Å². The Morgan fingerprint density at radius 1 is 1.10 bits per heavy atom. The molecule has 0 aliphatic carbocycles. The van der Waals surface area contributed by atoms with Crippen LogP contribution in [-0.4, -0.2) is 54.1 Å². The lowest BCUT2D eigenvalue weighted by Gasteiger charge is -2.34. The first-order valence-electron chi connectivity index (χ1n) is 10.7. The molecule has 3 aromatic rings. The average Bonchev–Trinajstić information content (AvgIpc) is 3.36. The molecule has 8 nitrogen and oxygen atoms in total. The fourth-order valence-corrected chi connectivity index (χ4v) is 3.94. The molecule has 1 unspecified atom stereocenters. The van der Waals surface area contributed by atoms with Gasteiger partial charge in [0.05, 0.1) is 11.9 Å². The SMILES string of the molecule is CC1=C(ONc2cnc3[nH]c(-c4ccc(N5CCN(C)CC5)cc4)cc3c2)NNC1C. The van der Waals surface area contributed by atoms with Gasteiger partial charge in [0.2, 0.25) is 5.88 Å². The summed E-state index contributed by atoms with van der Waals surface area (Å²) in [7, 11) is 2.18. The van der Waals surface area contributed by atoms with Crippen LogP contribution in [0.1, 0.15) is 13.8 Å². The minimum Gasteiger partial charge on any atom is -0.369 e. The molecule has 0 radical (unpaired) electrons. The Bertz CT molecular complexity index is 1100. The maximum absolute atomic E-state index is 5.69. The highest BCUT2D eigenvalue weighted by Gasteiger charge is 2.19. The Morgan fingerprint density at radius 3 is 2.58 bits per heavy atom. The van der Waals surface area contributed by atoms with Gasteiger partial charge in [0.25, 0.3) is 0 Å². The van der Waals surface area contributed by atoms with Gasteiger partial charge in [-0.1, -0.05) is 12.1 Å². The van der Waals surface area contributed by atoms with E-state index in [1.165, 1.54) is 5.69 Å². The molecule has 0 bridgehead atoms. The molecule has 1 aromatic carbocycles. The molecular formula is C23H29N7O. The molecule has 8 heteroatoms. The number of likely N-dealkylation sites (N-methyl/N-ethyl adjacent to an activating group) is 1. The van der Waals surface area contributed by atoms with E-state index in [0.717, 1.165) is 59.7 Å². The molecule has 31 heavy (non-hydrogen) atoms. The van der Waals surface area contributed by atoms with Crippen molar-refractivity contribution in [3.63, 3.8) is 0 Å². The zero-order valence-corrected chi connectivity index (χ0v) is 18.2. The maximum Gasteiger partial charge on any atom is 0.234 e. The summed E-state index contributed by atoms with van der Waals surface area (Å²) in [5.41, 5.74) is 15.4. The summed E-state index contributed by atoms with van der Waals surface area (Å²) in [4.78, 5) is 18.5. The van der Waals surface area contributed by atoms with Gasteiger partial charge in [0.15, 0.2) is 0 Å². The third kappa shape index (κ3) is 4.04. The number of fused-ring (bicyclic) bond motifs is 1. The summed E-state index contributed by atoms with van der Waals surface area (Å²) < 4.78 is 0. The molecule has 1 saturated heterocycles. The number of anilines is 2. The number of hydrogen-bond acceptors (Lipinski definition) is 7. The highest BCUT2D eigenvalue weighted by molar-refractivity contribution is 5.85. The van der Waals surface area contributed by atoms with Crippen molar-refractivity contribution >= 4 is 22.4 Å². The largest absolute Gasteiger partial charge is 0.369 e. The van der Waals surface area contributed by atoms with Crippen molar-refractivity contribution in [1.82, 2.24) is 25.7 Å². The molecule has 4 N–H and O–H groups in total. The van der Waals surface area contributed by atoms with E-state index in [4.69, 9.17) is 4.84 Å². The first kappa shape index (κ1) is 19.7. The van der Waals surface area contributed by atoms with E-state index in [1.807, 2.05) is 13.0 Å². The van der Waals surface area contributed by atoms with Crippen molar-refractivity contribution < 1.29 is 4.84 Å². The van der Waals surface area contributed by atoms with Gasteiger partial charge in [-0.25, -0.2) is 15.9 Å². The van der Waals surface area contributed by atoms with E-state index < -0.39 is 0 Å². The van der Waals surface area contributed by atoms with Gasteiger partial charge in [-0.3, -0.25) is 5.43 Å². The second-order valence-electron chi connectivity index (χ2n) is 8.39. The van der Waals surface area contributed by atoms with E-state index in [0.29, 0.717) is 5.88 Å². The summed E-state index contributed by atoms with van der Waals surface area (Å²) in [6.07, 6.45) is 1.76. The number of nitrogens with zero attached hydrogens (tertiary/aromatic N) is 3. The third-order valence-electron chi connectivity index (χ3n) is 6.20. The van der Waals surface area contributed by atoms with Crippen LogP contribution in [0.4, 0.5) is 11.4 Å². The number of nitrogens with one attached hydrogen (secondary N) is 4. The highest BCUT2D eigenvalue weighted by Crippen LogP contribution is 2.27. The van der Waals surface area contributed by atoms with Crippen molar-refractivity contribution in [1.29, 1.82) is 0 Å². The standard InChI is InChI=1S/C23H29N7O/c1-15-16(2)26-27-23(15)31-28-19-12-18-13-21(25-22(18)24-14-19)17-4-6-20(7-5-17)30-10-8-29(3)9-11-30/h4-7,12-14,16,26-28H,8-11H2,1-3H3,(H,24,25). The molecule has 2 aliphatic rings. The predicted molar refractivity (Wildman–Crippen MR) is 124 cm³/mol. The van der Waals surface area contributed by atoms with Crippen LogP contribution in [0.25, 0.3) is 22.3 Å². The van der Waals surface area contributed by atoms with Crippen LogP contribution in [0.5, 0.6) is 0 Å². The summed E-state index contributed by atoms with van der Waals surface area (Å²) in [5.74, 6) is 0.697. The van der Waals surface area contributed by atoms with Crippen molar-refractivity contribution in [3.05, 3.63) is 54.1 Å². The van der Waals surface area contributed by atoms with Gasteiger partial charge >= 0.3 is 0 Å². The van der Waals surface area contributed by atoms with Crippen LogP contribution in [0.3, 0.4) is 0 Å². The summed E-state index contributed by atoms with van der Waals surface area (Å²) >= 11 is 0. The minimum absolute atomic E-state index is 0.243. The molecule has 5 rings (SSSR count). The topological polar surface area (TPSA) is 80.5 Å². The molecule has 2 aliphatic heterocycles. The van der Waals surface area contributed by atoms with Gasteiger partial charge in [-0.15, -0.1) is 0 Å². The molecule has 162 valence electrons. The summed E-state index contributed by atoms with van der Waals surface area (Å²) in [6.45, 7) is 8.47. The fourth-order valence-electron chi connectivity index (χ4n) is 3.94. The quantitative estimate of drug-likeness (QED) is 0.473. The Morgan fingerprint density at radius 2 is 1.87 bits per heavy atom. The van der Waals surface area contributed by atoms with E-state index in [1.54, 1.807) is 6.20 Å². The lowest BCUT2D eigenvalue weighted by Crippen LogP contribution is -2.44. The molecule has 1 atom stereocenters. The molecule has 0 saturated carbocycles. The Balaban J connectivity index is 1.29. The second kappa shape index (κ2) is 8.13. The van der Waals surface area contributed by atoms with E-state index >= 15 is 0 Å². The smallest absolute Gasteiger partial charge is 0.234 e. The zero-order valence-electron chi connectivity index (χ0n) is 18.2. The number of aromatic amines is 1. The van der Waals surface area contributed by atoms with Crippen molar-refractivity contribution in [2.75, 3.05) is 43.6 Å². The number of piperazine rings is 1. The fraction of sp³-hybridized carbons (Fsp3) is 0.348. The predicted octanol–water partition coefficient (Wildman–Crippen LogP) is 3.05. The summed E-state index contributed by atoms with van der Waals surface area (Å²) in [5, 5.41) is 1.03. The number of hydrogen-bond donors (Lipinski definition) is 4. The molecule has 2 aromatic heterocycles. The lowest BCUT2D eigenvalue weighted by atomic mass is 10.1. The van der Waals surface area contributed by atoms with Gasteiger partial charge in [-0.05, 0) is 50.7 Å². The van der Waals surface area contributed by atoms with E-state index in [2.05, 4.69) is 80.4 Å². The van der Waals surface area contributed by atoms with Crippen molar-refractivity contribution in [2.24, 2.45) is 0 Å². The lowest BCUT2D eigenvalue weighted by molar-refractivity contribution is 0.253. The first-order valence-corrected chi connectivity index (χ1v) is 10.7. The molecular weight excluding hydrogens is 390 g/mol. The Kier molecular flexibility index (Phi) is 5.17. The first-order chi connectivity index (χ1) is 15.1. The van der Waals surface area contributed by atoms with Crippen LogP contribution >= 0.6 is 0 Å². The van der Waals surface area contributed by atoms with Gasteiger partial charge < -0.3 is 19.6 Å². The van der Waals surface area contributed by atoms with Crippen LogP contribution in [0.15, 0.2) is 54.1 Å². The second-order valence-corrected chi connectivity index (χ2v) is 8.39. The monoisotopic (exact) mass is 419 g/mol. The maximum atomic E-state index is 5.69. The number of benzene rings is 1. The highest BCUT2D eigenvalue weighted by atomic mass is 16.7.